The second-order valence-corrected chi connectivity index (χ2v) is 4.66. The number of likely N-dealkylation sites (tertiary alicyclic amines) is 1. The number of thiol groups is 1. The van der Waals surface area contributed by atoms with E-state index in [0.717, 1.165) is 0 Å². The van der Waals surface area contributed by atoms with E-state index >= 15 is 0 Å². The van der Waals surface area contributed by atoms with Gasteiger partial charge in [0.2, 0.25) is 0 Å². The zero-order valence-corrected chi connectivity index (χ0v) is 8.53. The Kier molecular flexibility index (Phi) is 2.09. The minimum absolute atomic E-state index is 0.00486. The molecule has 2 nitrogen and oxygen atoms in total. The van der Waals surface area contributed by atoms with Crippen LogP contribution >= 0.6 is 12.8 Å². The van der Waals surface area contributed by atoms with E-state index in [4.69, 9.17) is 0 Å². The van der Waals surface area contributed by atoms with Gasteiger partial charge in [-0.2, -0.15) is 0 Å². The van der Waals surface area contributed by atoms with Crippen molar-refractivity contribution in [2.75, 3.05) is 26.2 Å². The van der Waals surface area contributed by atoms with Gasteiger partial charge in [0, 0.05) is 19.5 Å². The second-order valence-electron chi connectivity index (χ2n) is 4.09. The summed E-state index contributed by atoms with van der Waals surface area (Å²) in [4.78, 5) is 1.89. The van der Waals surface area contributed by atoms with Crippen LogP contribution in [0.1, 0.15) is 13.3 Å². The molecule has 0 N–H and O–H groups in total. The topological polar surface area (TPSA) is 6.48 Å². The molecule has 2 fully saturated rings. The SMILES string of the molecule is CCN1CC(F)(F)CC12CN(S)C2. The van der Waals surface area contributed by atoms with Crippen LogP contribution in [0.5, 0.6) is 0 Å². The van der Waals surface area contributed by atoms with E-state index < -0.39 is 5.92 Å². The van der Waals surface area contributed by atoms with E-state index in [9.17, 15) is 8.78 Å². The molecule has 0 aromatic carbocycles. The van der Waals surface area contributed by atoms with Crippen molar-refractivity contribution in [3.05, 3.63) is 0 Å². The molecule has 0 aromatic rings. The van der Waals surface area contributed by atoms with Crippen molar-refractivity contribution in [3.8, 4) is 0 Å². The summed E-state index contributed by atoms with van der Waals surface area (Å²) in [6.07, 6.45) is 0.00486. The van der Waals surface area contributed by atoms with Crippen LogP contribution in [0, 0.1) is 0 Å². The molecule has 0 atom stereocenters. The number of nitrogens with zero attached hydrogens (tertiary/aromatic N) is 2. The summed E-state index contributed by atoms with van der Waals surface area (Å²) in [6, 6.07) is 0. The molecule has 0 aliphatic carbocycles. The van der Waals surface area contributed by atoms with E-state index in [2.05, 4.69) is 12.8 Å². The van der Waals surface area contributed by atoms with Crippen LogP contribution in [0.3, 0.4) is 0 Å². The molecule has 5 heteroatoms. The molecule has 76 valence electrons. The fraction of sp³-hybridized carbons (Fsp3) is 1.00. The Labute approximate surface area is 82.4 Å². The van der Waals surface area contributed by atoms with Crippen LogP contribution in [0.4, 0.5) is 8.78 Å². The lowest BCUT2D eigenvalue weighted by molar-refractivity contribution is 0.00507. The quantitative estimate of drug-likeness (QED) is 0.648. The lowest BCUT2D eigenvalue weighted by atomic mass is 9.88. The maximum absolute atomic E-state index is 13.1. The molecule has 0 aromatic heterocycles. The van der Waals surface area contributed by atoms with Gasteiger partial charge in [0.25, 0.3) is 5.92 Å². The summed E-state index contributed by atoms with van der Waals surface area (Å²) in [6.45, 7) is 3.89. The molecule has 0 bridgehead atoms. The van der Waals surface area contributed by atoms with Crippen molar-refractivity contribution < 1.29 is 8.78 Å². The summed E-state index contributed by atoms with van der Waals surface area (Å²) >= 11 is 4.13. The van der Waals surface area contributed by atoms with E-state index in [0.29, 0.717) is 19.6 Å². The van der Waals surface area contributed by atoms with Crippen LogP contribution in [-0.2, 0) is 0 Å². The van der Waals surface area contributed by atoms with Crippen LogP contribution in [0.15, 0.2) is 0 Å². The third kappa shape index (κ3) is 1.47. The molecule has 0 saturated carbocycles. The predicted molar refractivity (Wildman–Crippen MR) is 50.1 cm³/mol. The normalized spacial score (nSPS) is 32.3. The number of hydrogen-bond acceptors (Lipinski definition) is 3. The summed E-state index contributed by atoms with van der Waals surface area (Å²) in [7, 11) is 0. The molecule has 2 heterocycles. The summed E-state index contributed by atoms with van der Waals surface area (Å²) in [5.41, 5.74) is -0.278. The molecule has 2 saturated heterocycles. The first-order valence-electron chi connectivity index (χ1n) is 4.54. The van der Waals surface area contributed by atoms with Gasteiger partial charge < -0.3 is 0 Å². The first kappa shape index (κ1) is 9.68. The molecule has 13 heavy (non-hydrogen) atoms. The van der Waals surface area contributed by atoms with E-state index in [1.807, 2.05) is 11.8 Å². The highest BCUT2D eigenvalue weighted by molar-refractivity contribution is 7.77. The minimum atomic E-state index is -2.49. The maximum Gasteiger partial charge on any atom is 0.262 e. The highest BCUT2D eigenvalue weighted by Crippen LogP contribution is 2.44. The smallest absolute Gasteiger partial charge is 0.262 e. The standard InChI is InChI=1S/C8H14F2N2S/c1-2-11-6-8(9,10)3-7(11)4-12(13)5-7/h13H,2-6H2,1H3. The third-order valence-electron chi connectivity index (χ3n) is 3.02. The second kappa shape index (κ2) is 2.81. The van der Waals surface area contributed by atoms with Gasteiger partial charge in [-0.05, 0) is 6.54 Å². The number of alkyl halides is 2. The molecule has 0 radical (unpaired) electrons. The van der Waals surface area contributed by atoms with Crippen molar-refractivity contribution in [3.63, 3.8) is 0 Å². The summed E-state index contributed by atoms with van der Waals surface area (Å²) in [5.74, 6) is -2.49. The molecule has 2 rings (SSSR count). The molecular weight excluding hydrogens is 194 g/mol. The van der Waals surface area contributed by atoms with E-state index in [-0.39, 0.29) is 18.5 Å². The van der Waals surface area contributed by atoms with Gasteiger partial charge in [-0.25, -0.2) is 13.1 Å². The zero-order chi connectivity index (χ0) is 9.69. The Balaban J connectivity index is 2.11. The maximum atomic E-state index is 13.1. The third-order valence-corrected chi connectivity index (χ3v) is 3.30. The van der Waals surface area contributed by atoms with Crippen LogP contribution in [0.25, 0.3) is 0 Å². The molecule has 2 aliphatic heterocycles. The van der Waals surface area contributed by atoms with Crippen molar-refractivity contribution in [1.82, 2.24) is 9.21 Å². The van der Waals surface area contributed by atoms with Crippen molar-refractivity contribution >= 4 is 12.8 Å². The van der Waals surface area contributed by atoms with Gasteiger partial charge in [-0.1, -0.05) is 19.7 Å². The van der Waals surface area contributed by atoms with Crippen molar-refractivity contribution in [2.24, 2.45) is 0 Å². The first-order chi connectivity index (χ1) is 5.97. The number of halogens is 2. The molecule has 0 amide bonds. The molecule has 0 unspecified atom stereocenters. The largest absolute Gasteiger partial charge is 0.289 e. The van der Waals surface area contributed by atoms with Gasteiger partial charge in [-0.15, -0.1) is 0 Å². The minimum Gasteiger partial charge on any atom is -0.289 e. The van der Waals surface area contributed by atoms with E-state index in [1.165, 1.54) is 0 Å². The summed E-state index contributed by atoms with van der Waals surface area (Å²) < 4.78 is 28.1. The van der Waals surface area contributed by atoms with Crippen LogP contribution in [-0.4, -0.2) is 46.8 Å². The Morgan fingerprint density at radius 1 is 1.31 bits per heavy atom. The Morgan fingerprint density at radius 2 is 1.92 bits per heavy atom. The molecular formula is C8H14F2N2S. The first-order valence-corrected chi connectivity index (χ1v) is 4.94. The fourth-order valence-electron chi connectivity index (χ4n) is 2.49. The Bertz CT molecular complexity index is 216. The summed E-state index contributed by atoms with van der Waals surface area (Å²) in [5, 5.41) is 0. The highest BCUT2D eigenvalue weighted by Gasteiger charge is 2.58. The number of likely N-dealkylation sites (N-methyl/N-ethyl adjacent to an activating group) is 1. The van der Waals surface area contributed by atoms with Gasteiger partial charge in [-0.3, -0.25) is 4.90 Å². The average Bonchev–Trinajstić information content (AvgIpc) is 2.21. The van der Waals surface area contributed by atoms with Crippen LogP contribution in [0.2, 0.25) is 0 Å². The zero-order valence-electron chi connectivity index (χ0n) is 7.63. The van der Waals surface area contributed by atoms with Gasteiger partial charge in [0.1, 0.15) is 0 Å². The fourth-order valence-corrected chi connectivity index (χ4v) is 3.01. The lowest BCUT2D eigenvalue weighted by Crippen LogP contribution is -2.64. The van der Waals surface area contributed by atoms with Gasteiger partial charge in [0.05, 0.1) is 12.1 Å². The average molecular weight is 208 g/mol. The monoisotopic (exact) mass is 208 g/mol. The predicted octanol–water partition coefficient (Wildman–Crippen LogP) is 1.25. The van der Waals surface area contributed by atoms with Crippen molar-refractivity contribution in [2.45, 2.75) is 24.8 Å². The molecule has 1 spiro atoms. The van der Waals surface area contributed by atoms with Crippen LogP contribution < -0.4 is 0 Å². The van der Waals surface area contributed by atoms with Gasteiger partial charge in [0.15, 0.2) is 0 Å². The highest BCUT2D eigenvalue weighted by atomic mass is 32.1. The van der Waals surface area contributed by atoms with E-state index in [1.54, 1.807) is 4.31 Å². The number of rotatable bonds is 1. The van der Waals surface area contributed by atoms with Gasteiger partial charge >= 0.3 is 0 Å². The Hall–Kier alpha value is 0.130. The Morgan fingerprint density at radius 3 is 2.38 bits per heavy atom. The van der Waals surface area contributed by atoms with Crippen molar-refractivity contribution in [1.29, 1.82) is 0 Å². The molecule has 2 aliphatic rings. The lowest BCUT2D eigenvalue weighted by Gasteiger charge is -2.49. The number of hydrogen-bond donors (Lipinski definition) is 1.